The fourth-order valence-corrected chi connectivity index (χ4v) is 6.04. The minimum Gasteiger partial charge on any atom is -0.495 e. The molecule has 0 spiro atoms. The topological polar surface area (TPSA) is 104 Å². The maximum atomic E-state index is 13.8. The van der Waals surface area contributed by atoms with Crippen molar-refractivity contribution in [2.45, 2.75) is 25.7 Å². The summed E-state index contributed by atoms with van der Waals surface area (Å²) in [6.45, 7) is 9.86. The van der Waals surface area contributed by atoms with Gasteiger partial charge in [0.15, 0.2) is 13.3 Å². The second-order valence-electron chi connectivity index (χ2n) is 12.2. The van der Waals surface area contributed by atoms with E-state index < -0.39 is 8.07 Å². The normalized spacial score (nSPS) is 13.2. The average molecular weight is 676 g/mol. The number of aromatic nitrogens is 2. The molecule has 4 rings (SSSR count). The van der Waals surface area contributed by atoms with Gasteiger partial charge in [-0.3, -0.25) is 4.79 Å². The zero-order valence-corrected chi connectivity index (χ0v) is 29.7. The third-order valence-electron chi connectivity index (χ3n) is 7.32. The zero-order chi connectivity index (χ0) is 32.9. The molecule has 1 aromatic heterocycles. The number of fused-ring (bicyclic) bond motifs is 1. The Hall–Kier alpha value is -3.29. The van der Waals surface area contributed by atoms with E-state index >= 15 is 0 Å². The maximum absolute atomic E-state index is 13.8. The zero-order valence-electron chi connectivity index (χ0n) is 27.2. The molecule has 3 aromatic rings. The van der Waals surface area contributed by atoms with Crippen LogP contribution in [0, 0.1) is 0 Å². The molecule has 1 aliphatic rings. The molecule has 0 aliphatic carbocycles. The van der Waals surface area contributed by atoms with E-state index in [0.717, 1.165) is 12.6 Å². The van der Waals surface area contributed by atoms with E-state index in [1.54, 1.807) is 24.4 Å². The molecule has 45 heavy (non-hydrogen) atoms. The molecule has 11 nitrogen and oxygen atoms in total. The summed E-state index contributed by atoms with van der Waals surface area (Å²) in [6, 6.07) is 6.13. The predicted molar refractivity (Wildman–Crippen MR) is 185 cm³/mol. The van der Waals surface area contributed by atoms with Crippen LogP contribution in [0.2, 0.25) is 35.7 Å². The summed E-state index contributed by atoms with van der Waals surface area (Å²) in [4.78, 5) is 32.0. The molecule has 1 amide bonds. The number of hydrogen-bond acceptors (Lipinski definition) is 9. The number of ether oxygens (including phenoxy) is 3. The number of nitrogens with one attached hydrogen (secondary N) is 1. The van der Waals surface area contributed by atoms with Crippen molar-refractivity contribution >= 4 is 66.2 Å². The third kappa shape index (κ3) is 8.30. The molecule has 1 N–H and O–H groups in total. The van der Waals surface area contributed by atoms with Gasteiger partial charge < -0.3 is 24.0 Å². The summed E-state index contributed by atoms with van der Waals surface area (Å²) in [5, 5.41) is 3.52. The number of rotatable bonds is 13. The Morgan fingerprint density at radius 2 is 1.73 bits per heavy atom. The number of amides is 1. The fraction of sp³-hybridized carbons (Fsp3) is 0.452. The molecule has 0 atom stereocenters. The summed E-state index contributed by atoms with van der Waals surface area (Å²) in [6.07, 6.45) is 3.55. The Balaban J connectivity index is 1.74. The second kappa shape index (κ2) is 14.9. The molecule has 0 radical (unpaired) electrons. The quantitative estimate of drug-likeness (QED) is 0.152. The average Bonchev–Trinajstić information content (AvgIpc) is 3.44. The molecule has 2 aromatic carbocycles. The van der Waals surface area contributed by atoms with Gasteiger partial charge in [-0.1, -0.05) is 48.9 Å². The number of methoxy groups -OCH3 is 2. The SMILES string of the molecule is COc1cc(OC)c(Cl)c(-c2ccc(C(=O)NC3=NCC=[N+]3COCC[Si](C)(C)C)c3ncc(N(C)CCN(C)C)nc23)c1Cl. The van der Waals surface area contributed by atoms with Gasteiger partial charge in [0.05, 0.1) is 47.8 Å². The maximum Gasteiger partial charge on any atom is 0.396 e. The van der Waals surface area contributed by atoms with Crippen LogP contribution in [0.1, 0.15) is 10.4 Å². The number of nitrogens with zero attached hydrogens (tertiary/aromatic N) is 6. The van der Waals surface area contributed by atoms with Gasteiger partial charge in [0.2, 0.25) is 0 Å². The third-order valence-corrected chi connectivity index (χ3v) is 9.77. The van der Waals surface area contributed by atoms with Crippen molar-refractivity contribution in [3.8, 4) is 22.6 Å². The van der Waals surface area contributed by atoms with Crippen molar-refractivity contribution in [2.75, 3.05) is 73.2 Å². The Morgan fingerprint density at radius 1 is 1.04 bits per heavy atom. The molecule has 242 valence electrons. The van der Waals surface area contributed by atoms with Gasteiger partial charge in [-0.05, 0) is 26.2 Å². The van der Waals surface area contributed by atoms with Gasteiger partial charge >= 0.3 is 11.9 Å². The van der Waals surface area contributed by atoms with E-state index in [1.807, 2.05) is 36.8 Å². The number of anilines is 1. The highest BCUT2D eigenvalue weighted by molar-refractivity contribution is 6.76. The number of guanidine groups is 1. The van der Waals surface area contributed by atoms with Crippen LogP contribution in [-0.4, -0.2) is 114 Å². The number of likely N-dealkylation sites (N-methyl/N-ethyl adjacent to an activating group) is 2. The number of benzene rings is 2. The van der Waals surface area contributed by atoms with E-state index in [1.165, 1.54) is 14.2 Å². The molecular weight excluding hydrogens is 633 g/mol. The highest BCUT2D eigenvalue weighted by Crippen LogP contribution is 2.47. The van der Waals surface area contributed by atoms with E-state index in [-0.39, 0.29) is 16.0 Å². The van der Waals surface area contributed by atoms with Crippen LogP contribution in [0.5, 0.6) is 11.5 Å². The number of halogens is 2. The standard InChI is InChI=1S/C31H41Cl2N7O4Si/c1-38(2)13-14-39(3)24-18-35-28-21(30(41)37-31-34-11-12-40(31)19-44-15-16-45(6,7)8)10-9-20(29(28)36-24)25-26(32)22(42-4)17-23(43-5)27(25)33/h9-10,12,17-18H,11,13-16,19H2,1-8H3/p+1. The largest absolute Gasteiger partial charge is 0.495 e. The van der Waals surface area contributed by atoms with Crippen LogP contribution >= 0.6 is 23.2 Å². The van der Waals surface area contributed by atoms with Crippen LogP contribution in [0.25, 0.3) is 22.2 Å². The van der Waals surface area contributed by atoms with Crippen molar-refractivity contribution in [1.29, 1.82) is 0 Å². The van der Waals surface area contributed by atoms with Crippen molar-refractivity contribution in [3.63, 3.8) is 0 Å². The molecule has 0 saturated heterocycles. The molecule has 14 heteroatoms. The molecule has 0 saturated carbocycles. The highest BCUT2D eigenvalue weighted by Gasteiger charge is 2.28. The van der Waals surface area contributed by atoms with Gasteiger partial charge in [0.1, 0.15) is 22.8 Å². The number of carbonyl (C=O) groups is 1. The van der Waals surface area contributed by atoms with Crippen LogP contribution in [-0.2, 0) is 4.74 Å². The van der Waals surface area contributed by atoms with Gasteiger partial charge in [0.25, 0.3) is 0 Å². The summed E-state index contributed by atoms with van der Waals surface area (Å²) < 4.78 is 18.7. The Bertz CT molecular complexity index is 1600. The Labute approximate surface area is 275 Å². The van der Waals surface area contributed by atoms with Gasteiger partial charge in [-0.15, -0.1) is 4.99 Å². The lowest BCUT2D eigenvalue weighted by molar-refractivity contribution is -0.458. The monoisotopic (exact) mass is 674 g/mol. The molecular formula is C31H42Cl2N7O4Si+. The first-order valence-corrected chi connectivity index (χ1v) is 19.1. The van der Waals surface area contributed by atoms with E-state index in [2.05, 4.69) is 34.9 Å². The van der Waals surface area contributed by atoms with Crippen LogP contribution in [0.4, 0.5) is 5.82 Å². The summed E-state index contributed by atoms with van der Waals surface area (Å²) in [7, 11) is 7.78. The minimum atomic E-state index is -1.22. The molecule has 1 aliphatic heterocycles. The van der Waals surface area contributed by atoms with Crippen LogP contribution < -0.4 is 19.7 Å². The lowest BCUT2D eigenvalue weighted by Crippen LogP contribution is -2.38. The summed E-state index contributed by atoms with van der Waals surface area (Å²) >= 11 is 13.7. The summed E-state index contributed by atoms with van der Waals surface area (Å²) in [5.74, 6) is 1.44. The van der Waals surface area contributed by atoms with E-state index in [9.17, 15) is 4.79 Å². The first-order valence-electron chi connectivity index (χ1n) is 14.6. The molecule has 0 bridgehead atoms. The van der Waals surface area contributed by atoms with Crippen molar-refractivity contribution in [1.82, 2.24) is 20.2 Å². The Kier molecular flexibility index (Phi) is 11.4. The first-order chi connectivity index (χ1) is 21.3. The predicted octanol–water partition coefficient (Wildman–Crippen LogP) is 5.11. The summed E-state index contributed by atoms with van der Waals surface area (Å²) in [5.41, 5.74) is 2.19. The lowest BCUT2D eigenvalue weighted by Gasteiger charge is -2.21. The smallest absolute Gasteiger partial charge is 0.396 e. The minimum absolute atomic E-state index is 0.288. The van der Waals surface area contributed by atoms with Crippen LogP contribution in [0.3, 0.4) is 0 Å². The Morgan fingerprint density at radius 3 is 2.36 bits per heavy atom. The van der Waals surface area contributed by atoms with E-state index in [0.29, 0.717) is 77.4 Å². The highest BCUT2D eigenvalue weighted by atomic mass is 35.5. The molecule has 2 heterocycles. The van der Waals surface area contributed by atoms with E-state index in [4.69, 9.17) is 47.4 Å². The lowest BCUT2D eigenvalue weighted by atomic mass is 9.99. The number of aliphatic imine (C=N–C) groups is 1. The van der Waals surface area contributed by atoms with Crippen molar-refractivity contribution in [2.24, 2.45) is 4.99 Å². The van der Waals surface area contributed by atoms with Gasteiger partial charge in [-0.25, -0.2) is 19.9 Å². The number of carbonyl (C=O) groups excluding carboxylic acids is 1. The van der Waals surface area contributed by atoms with Gasteiger partial charge in [-0.2, -0.15) is 0 Å². The molecule has 0 fully saturated rings. The first kappa shape index (κ1) is 34.6. The van der Waals surface area contributed by atoms with Gasteiger partial charge in [0, 0.05) is 52.0 Å². The molecule has 0 unspecified atom stereocenters. The van der Waals surface area contributed by atoms with Crippen LogP contribution in [0.15, 0.2) is 29.4 Å². The number of hydrogen-bond donors (Lipinski definition) is 1. The fourth-order valence-electron chi connectivity index (χ4n) is 4.58. The van der Waals surface area contributed by atoms with Crippen molar-refractivity contribution < 1.29 is 23.6 Å². The van der Waals surface area contributed by atoms with Crippen molar-refractivity contribution in [3.05, 3.63) is 40.0 Å². The second-order valence-corrected chi connectivity index (χ2v) is 18.6.